The fourth-order valence-electron chi connectivity index (χ4n) is 2.01. The van der Waals surface area contributed by atoms with Crippen molar-refractivity contribution in [1.82, 2.24) is 9.47 Å². The molecule has 0 aliphatic rings. The van der Waals surface area contributed by atoms with Crippen LogP contribution >= 0.6 is 12.4 Å². The Morgan fingerprint density at radius 3 is 2.72 bits per heavy atom. The summed E-state index contributed by atoms with van der Waals surface area (Å²) in [5.74, 6) is 0. The molecule has 0 aliphatic heterocycles. The first kappa shape index (κ1) is 14.6. The van der Waals surface area contributed by atoms with Crippen LogP contribution in [-0.4, -0.2) is 30.1 Å². The number of rotatable bonds is 4. The molecule has 0 fully saturated rings. The van der Waals surface area contributed by atoms with Crippen molar-refractivity contribution in [1.29, 1.82) is 5.26 Å². The highest BCUT2D eigenvalue weighted by molar-refractivity contribution is 5.85. The zero-order valence-corrected chi connectivity index (χ0v) is 11.6. The van der Waals surface area contributed by atoms with Gasteiger partial charge in [-0.25, -0.2) is 0 Å². The largest absolute Gasteiger partial charge is 0.347 e. The highest BCUT2D eigenvalue weighted by Crippen LogP contribution is 2.17. The van der Waals surface area contributed by atoms with Gasteiger partial charge in [-0.05, 0) is 50.6 Å². The summed E-state index contributed by atoms with van der Waals surface area (Å²) in [6, 6.07) is 10.1. The van der Waals surface area contributed by atoms with Gasteiger partial charge in [-0.15, -0.1) is 12.4 Å². The second-order valence-electron chi connectivity index (χ2n) is 4.55. The summed E-state index contributed by atoms with van der Waals surface area (Å²) < 4.78 is 2.22. The van der Waals surface area contributed by atoms with Crippen LogP contribution in [0.2, 0.25) is 0 Å². The maximum absolute atomic E-state index is 8.91. The molecule has 2 rings (SSSR count). The first-order valence-corrected chi connectivity index (χ1v) is 5.84. The van der Waals surface area contributed by atoms with Crippen LogP contribution in [0, 0.1) is 11.3 Å². The van der Waals surface area contributed by atoms with E-state index in [1.807, 2.05) is 18.2 Å². The van der Waals surface area contributed by atoms with Crippen LogP contribution in [0.3, 0.4) is 0 Å². The molecule has 1 heterocycles. The van der Waals surface area contributed by atoms with Crippen molar-refractivity contribution in [2.45, 2.75) is 13.0 Å². The van der Waals surface area contributed by atoms with E-state index >= 15 is 0 Å². The topological polar surface area (TPSA) is 32.0 Å². The van der Waals surface area contributed by atoms with Gasteiger partial charge in [0.25, 0.3) is 0 Å². The minimum Gasteiger partial charge on any atom is -0.347 e. The Labute approximate surface area is 114 Å². The molecule has 0 saturated carbocycles. The highest BCUT2D eigenvalue weighted by Gasteiger charge is 2.02. The van der Waals surface area contributed by atoms with Gasteiger partial charge in [0.2, 0.25) is 0 Å². The van der Waals surface area contributed by atoms with E-state index in [1.165, 1.54) is 5.39 Å². The van der Waals surface area contributed by atoms with Crippen LogP contribution in [0.25, 0.3) is 10.9 Å². The second-order valence-corrected chi connectivity index (χ2v) is 4.55. The molecule has 1 aromatic carbocycles. The molecule has 2 aromatic rings. The standard InChI is InChI=1S/C14H17N3.ClH/c1-16(2)7-3-8-17-9-6-13-5-4-12(11-15)10-14(13)17;/h4-6,9-10H,3,7-8H2,1-2H3;1H. The van der Waals surface area contributed by atoms with Crippen LogP contribution in [-0.2, 0) is 6.54 Å². The fourth-order valence-corrected chi connectivity index (χ4v) is 2.01. The highest BCUT2D eigenvalue weighted by atomic mass is 35.5. The van der Waals surface area contributed by atoms with E-state index in [2.05, 4.69) is 41.9 Å². The molecule has 18 heavy (non-hydrogen) atoms. The van der Waals surface area contributed by atoms with Crippen LogP contribution in [0.1, 0.15) is 12.0 Å². The summed E-state index contributed by atoms with van der Waals surface area (Å²) >= 11 is 0. The first-order chi connectivity index (χ1) is 8.20. The lowest BCUT2D eigenvalue weighted by molar-refractivity contribution is 0.388. The zero-order chi connectivity index (χ0) is 12.3. The molecular formula is C14H18ClN3. The number of benzene rings is 1. The molecule has 0 bridgehead atoms. The minimum atomic E-state index is 0. The number of aryl methyl sites for hydroxylation is 1. The molecule has 1 aromatic heterocycles. The van der Waals surface area contributed by atoms with Crippen molar-refractivity contribution >= 4 is 23.3 Å². The maximum atomic E-state index is 8.91. The lowest BCUT2D eigenvalue weighted by Gasteiger charge is -2.10. The molecule has 0 aliphatic carbocycles. The van der Waals surface area contributed by atoms with Gasteiger partial charge in [-0.3, -0.25) is 0 Å². The van der Waals surface area contributed by atoms with Crippen LogP contribution in [0.15, 0.2) is 30.5 Å². The van der Waals surface area contributed by atoms with Gasteiger partial charge >= 0.3 is 0 Å². The number of nitriles is 1. The summed E-state index contributed by atoms with van der Waals surface area (Å²) in [6.45, 7) is 2.08. The molecule has 0 amide bonds. The van der Waals surface area contributed by atoms with Crippen molar-refractivity contribution in [3.63, 3.8) is 0 Å². The van der Waals surface area contributed by atoms with Gasteiger partial charge in [-0.2, -0.15) is 5.26 Å². The third-order valence-electron chi connectivity index (χ3n) is 2.91. The SMILES string of the molecule is CN(C)CCCn1ccc2ccc(C#N)cc21.Cl. The van der Waals surface area contributed by atoms with Gasteiger partial charge in [0.05, 0.1) is 11.6 Å². The number of halogens is 1. The number of nitrogens with zero attached hydrogens (tertiary/aromatic N) is 3. The van der Waals surface area contributed by atoms with E-state index in [4.69, 9.17) is 5.26 Å². The van der Waals surface area contributed by atoms with Gasteiger partial charge in [0, 0.05) is 18.3 Å². The average molecular weight is 264 g/mol. The van der Waals surface area contributed by atoms with Crippen molar-refractivity contribution in [2.24, 2.45) is 0 Å². The molecule has 0 atom stereocenters. The van der Waals surface area contributed by atoms with Gasteiger partial charge in [-0.1, -0.05) is 6.07 Å². The van der Waals surface area contributed by atoms with Crippen molar-refractivity contribution in [3.8, 4) is 6.07 Å². The van der Waals surface area contributed by atoms with E-state index in [0.717, 1.165) is 30.6 Å². The summed E-state index contributed by atoms with van der Waals surface area (Å²) in [7, 11) is 4.17. The molecule has 0 N–H and O–H groups in total. The Hall–Kier alpha value is -1.50. The smallest absolute Gasteiger partial charge is 0.0992 e. The molecule has 0 radical (unpaired) electrons. The molecule has 4 heteroatoms. The molecular weight excluding hydrogens is 246 g/mol. The van der Waals surface area contributed by atoms with E-state index in [-0.39, 0.29) is 12.4 Å². The third kappa shape index (κ3) is 3.25. The normalized spacial score (nSPS) is 10.3. The molecule has 0 unspecified atom stereocenters. The van der Waals surface area contributed by atoms with Crippen LogP contribution in [0.5, 0.6) is 0 Å². The summed E-state index contributed by atoms with van der Waals surface area (Å²) in [5.41, 5.74) is 1.88. The fraction of sp³-hybridized carbons (Fsp3) is 0.357. The monoisotopic (exact) mass is 263 g/mol. The van der Waals surface area contributed by atoms with Crippen molar-refractivity contribution in [3.05, 3.63) is 36.0 Å². The average Bonchev–Trinajstić information content (AvgIpc) is 2.71. The molecule has 0 spiro atoms. The Kier molecular flexibility index (Phi) is 5.21. The minimum absolute atomic E-state index is 0. The number of hydrogen-bond donors (Lipinski definition) is 0. The van der Waals surface area contributed by atoms with Crippen LogP contribution in [0.4, 0.5) is 0 Å². The Morgan fingerprint density at radius 1 is 1.28 bits per heavy atom. The Balaban J connectivity index is 0.00000162. The first-order valence-electron chi connectivity index (χ1n) is 5.84. The number of aromatic nitrogens is 1. The zero-order valence-electron chi connectivity index (χ0n) is 10.8. The Bertz CT molecular complexity index is 552. The maximum Gasteiger partial charge on any atom is 0.0992 e. The van der Waals surface area contributed by atoms with E-state index in [0.29, 0.717) is 0 Å². The van der Waals surface area contributed by atoms with E-state index in [9.17, 15) is 0 Å². The van der Waals surface area contributed by atoms with Gasteiger partial charge in [0.1, 0.15) is 0 Å². The van der Waals surface area contributed by atoms with E-state index < -0.39 is 0 Å². The van der Waals surface area contributed by atoms with Crippen molar-refractivity contribution < 1.29 is 0 Å². The summed E-state index contributed by atoms with van der Waals surface area (Å²) in [4.78, 5) is 2.19. The summed E-state index contributed by atoms with van der Waals surface area (Å²) in [5, 5.41) is 10.1. The number of hydrogen-bond acceptors (Lipinski definition) is 2. The lowest BCUT2D eigenvalue weighted by Crippen LogP contribution is -2.14. The quantitative estimate of drug-likeness (QED) is 0.850. The lowest BCUT2D eigenvalue weighted by atomic mass is 10.2. The molecule has 96 valence electrons. The van der Waals surface area contributed by atoms with Gasteiger partial charge in [0.15, 0.2) is 0 Å². The van der Waals surface area contributed by atoms with Gasteiger partial charge < -0.3 is 9.47 Å². The van der Waals surface area contributed by atoms with Crippen molar-refractivity contribution in [2.75, 3.05) is 20.6 Å². The molecule has 3 nitrogen and oxygen atoms in total. The molecule has 0 saturated heterocycles. The third-order valence-corrected chi connectivity index (χ3v) is 2.91. The van der Waals surface area contributed by atoms with E-state index in [1.54, 1.807) is 0 Å². The Morgan fingerprint density at radius 2 is 2.06 bits per heavy atom. The van der Waals surface area contributed by atoms with Crippen LogP contribution < -0.4 is 0 Å². The number of fused-ring (bicyclic) bond motifs is 1. The predicted molar refractivity (Wildman–Crippen MR) is 77.1 cm³/mol. The summed E-state index contributed by atoms with van der Waals surface area (Å²) in [6.07, 6.45) is 3.22. The second kappa shape index (κ2) is 6.44. The predicted octanol–water partition coefficient (Wildman–Crippen LogP) is 2.89.